The Morgan fingerprint density at radius 2 is 2.29 bits per heavy atom. The number of hydrogen-bond donors (Lipinski definition) is 2. The van der Waals surface area contributed by atoms with Crippen LogP contribution in [0.25, 0.3) is 0 Å². The molecule has 0 bridgehead atoms. The van der Waals surface area contributed by atoms with Crippen LogP contribution in [0.5, 0.6) is 0 Å². The molecule has 3 N–H and O–H groups in total. The number of nitro groups is 1. The molecular weight excluding hydrogens is 204 g/mol. The maximum atomic E-state index is 10.4. The number of nitrogens with zero attached hydrogens (tertiary/aromatic N) is 1. The summed E-state index contributed by atoms with van der Waals surface area (Å²) in [5.74, 6) is 0.530. The minimum Gasteiger partial charge on any atom is -0.398 e. The van der Waals surface area contributed by atoms with Gasteiger partial charge in [-0.1, -0.05) is 0 Å². The Kier molecular flexibility index (Phi) is 3.73. The molecule has 1 rings (SSSR count). The minimum atomic E-state index is -0.489. The summed E-state index contributed by atoms with van der Waals surface area (Å²) in [6.45, 7) is 0.0566. The quantitative estimate of drug-likeness (QED) is 0.341. The zero-order chi connectivity index (χ0) is 10.6. The average Bonchev–Trinajstić information content (AvgIpc) is 2.15. The topological polar surface area (TPSA) is 89.4 Å². The van der Waals surface area contributed by atoms with Crippen LogP contribution in [0, 0.1) is 10.1 Å². The summed E-state index contributed by atoms with van der Waals surface area (Å²) in [6.07, 6.45) is 0. The van der Waals surface area contributed by atoms with E-state index in [0.717, 1.165) is 4.90 Å². The molecule has 0 atom stereocenters. The lowest BCUT2D eigenvalue weighted by molar-refractivity contribution is -0.384. The first kappa shape index (κ1) is 10.8. The van der Waals surface area contributed by atoms with Crippen molar-refractivity contribution in [3.05, 3.63) is 28.3 Å². The predicted molar refractivity (Wildman–Crippen MR) is 55.3 cm³/mol. The molecule has 6 heteroatoms. The molecule has 76 valence electrons. The Bertz CT molecular complexity index is 343. The fourth-order valence-corrected chi connectivity index (χ4v) is 1.64. The Labute approximate surface area is 85.1 Å². The van der Waals surface area contributed by atoms with E-state index >= 15 is 0 Å². The Balaban J connectivity index is 2.84. The number of aliphatic hydroxyl groups is 1. The second-order valence-corrected chi connectivity index (χ2v) is 3.69. The third-order valence-corrected chi connectivity index (χ3v) is 2.62. The highest BCUT2D eigenvalue weighted by Crippen LogP contribution is 2.28. The van der Waals surface area contributed by atoms with Gasteiger partial charge in [-0.3, -0.25) is 10.1 Å². The van der Waals surface area contributed by atoms with E-state index in [4.69, 9.17) is 10.8 Å². The zero-order valence-corrected chi connectivity index (χ0v) is 8.16. The summed E-state index contributed by atoms with van der Waals surface area (Å²) in [4.78, 5) is 10.6. The molecule has 0 aliphatic heterocycles. The van der Waals surface area contributed by atoms with E-state index in [0.29, 0.717) is 11.4 Å². The maximum absolute atomic E-state index is 10.4. The molecule has 0 spiro atoms. The SMILES string of the molecule is Nc1cc([N+](=O)[O-])ccc1SCCO. The van der Waals surface area contributed by atoms with E-state index in [2.05, 4.69) is 0 Å². The van der Waals surface area contributed by atoms with Crippen LogP contribution in [0.1, 0.15) is 0 Å². The molecule has 0 radical (unpaired) electrons. The van der Waals surface area contributed by atoms with E-state index in [-0.39, 0.29) is 12.3 Å². The summed E-state index contributed by atoms with van der Waals surface area (Å²) in [5, 5.41) is 19.0. The van der Waals surface area contributed by atoms with E-state index < -0.39 is 4.92 Å². The number of nitro benzene ring substituents is 1. The first-order valence-corrected chi connectivity index (χ1v) is 4.91. The van der Waals surface area contributed by atoms with Crippen LogP contribution in [-0.4, -0.2) is 22.4 Å². The normalized spacial score (nSPS) is 10.1. The number of nitrogens with two attached hydrogens (primary N) is 1. The third-order valence-electron chi connectivity index (χ3n) is 1.55. The van der Waals surface area contributed by atoms with Crippen LogP contribution in [0.3, 0.4) is 0 Å². The third kappa shape index (κ3) is 2.61. The summed E-state index contributed by atoms with van der Waals surface area (Å²) >= 11 is 1.37. The van der Waals surface area contributed by atoms with Gasteiger partial charge in [-0.05, 0) is 6.07 Å². The van der Waals surface area contributed by atoms with Crippen molar-refractivity contribution in [1.82, 2.24) is 0 Å². The van der Waals surface area contributed by atoms with Gasteiger partial charge in [-0.15, -0.1) is 11.8 Å². The van der Waals surface area contributed by atoms with Gasteiger partial charge in [0.1, 0.15) is 0 Å². The first-order chi connectivity index (χ1) is 6.65. The van der Waals surface area contributed by atoms with Gasteiger partial charge in [-0.25, -0.2) is 0 Å². The van der Waals surface area contributed by atoms with Gasteiger partial charge < -0.3 is 10.8 Å². The van der Waals surface area contributed by atoms with Crippen molar-refractivity contribution in [1.29, 1.82) is 0 Å². The smallest absolute Gasteiger partial charge is 0.271 e. The molecule has 0 aromatic heterocycles. The number of anilines is 1. The fraction of sp³-hybridized carbons (Fsp3) is 0.250. The molecule has 5 nitrogen and oxygen atoms in total. The van der Waals surface area contributed by atoms with Crippen molar-refractivity contribution in [2.45, 2.75) is 4.90 Å². The molecule has 1 aromatic carbocycles. The van der Waals surface area contributed by atoms with Crippen LogP contribution in [0.15, 0.2) is 23.1 Å². The zero-order valence-electron chi connectivity index (χ0n) is 7.34. The van der Waals surface area contributed by atoms with Gasteiger partial charge in [0.2, 0.25) is 0 Å². The molecule has 14 heavy (non-hydrogen) atoms. The van der Waals surface area contributed by atoms with E-state index in [1.807, 2.05) is 0 Å². The van der Waals surface area contributed by atoms with Gasteiger partial charge >= 0.3 is 0 Å². The summed E-state index contributed by atoms with van der Waals surface area (Å²) in [5.41, 5.74) is 5.95. The molecule has 0 saturated heterocycles. The monoisotopic (exact) mass is 214 g/mol. The molecule has 0 fully saturated rings. The fourth-order valence-electron chi connectivity index (χ4n) is 0.936. The largest absolute Gasteiger partial charge is 0.398 e. The van der Waals surface area contributed by atoms with Crippen molar-refractivity contribution in [2.24, 2.45) is 0 Å². The molecule has 0 heterocycles. The van der Waals surface area contributed by atoms with Crippen molar-refractivity contribution in [3.63, 3.8) is 0 Å². The molecule has 0 aliphatic carbocycles. The standard InChI is InChI=1S/C8H10N2O3S/c9-7-5-6(10(12)13)1-2-8(7)14-4-3-11/h1-2,5,11H,3-4,9H2. The Hall–Kier alpha value is -1.27. The number of aliphatic hydroxyl groups excluding tert-OH is 1. The van der Waals surface area contributed by atoms with Crippen molar-refractivity contribution < 1.29 is 10.0 Å². The van der Waals surface area contributed by atoms with Gasteiger partial charge in [0.05, 0.1) is 17.2 Å². The van der Waals surface area contributed by atoms with Crippen LogP contribution < -0.4 is 5.73 Å². The highest BCUT2D eigenvalue weighted by molar-refractivity contribution is 7.99. The van der Waals surface area contributed by atoms with Crippen LogP contribution in [0.2, 0.25) is 0 Å². The number of thioether (sulfide) groups is 1. The Morgan fingerprint density at radius 3 is 2.79 bits per heavy atom. The van der Waals surface area contributed by atoms with Gasteiger partial charge in [0, 0.05) is 22.8 Å². The van der Waals surface area contributed by atoms with E-state index in [1.54, 1.807) is 6.07 Å². The molecule has 0 aliphatic rings. The van der Waals surface area contributed by atoms with Crippen LogP contribution >= 0.6 is 11.8 Å². The summed E-state index contributed by atoms with van der Waals surface area (Å²) in [7, 11) is 0. The van der Waals surface area contributed by atoms with Gasteiger partial charge in [0.25, 0.3) is 5.69 Å². The number of rotatable bonds is 4. The first-order valence-electron chi connectivity index (χ1n) is 3.92. The summed E-state index contributed by atoms with van der Waals surface area (Å²) < 4.78 is 0. The molecule has 0 amide bonds. The van der Waals surface area contributed by atoms with Gasteiger partial charge in [0.15, 0.2) is 0 Å². The number of non-ortho nitro benzene ring substituents is 1. The van der Waals surface area contributed by atoms with Crippen molar-refractivity contribution in [2.75, 3.05) is 18.1 Å². The van der Waals surface area contributed by atoms with Gasteiger partial charge in [-0.2, -0.15) is 0 Å². The lowest BCUT2D eigenvalue weighted by Gasteiger charge is -2.03. The van der Waals surface area contributed by atoms with Crippen LogP contribution in [0.4, 0.5) is 11.4 Å². The molecular formula is C8H10N2O3S. The van der Waals surface area contributed by atoms with Crippen LogP contribution in [-0.2, 0) is 0 Å². The number of nitrogen functional groups attached to an aromatic ring is 1. The van der Waals surface area contributed by atoms with Crippen molar-refractivity contribution >= 4 is 23.1 Å². The van der Waals surface area contributed by atoms with Crippen molar-refractivity contribution in [3.8, 4) is 0 Å². The van der Waals surface area contributed by atoms with E-state index in [9.17, 15) is 10.1 Å². The molecule has 0 saturated carbocycles. The number of benzene rings is 1. The maximum Gasteiger partial charge on any atom is 0.271 e. The number of hydrogen-bond acceptors (Lipinski definition) is 5. The summed E-state index contributed by atoms with van der Waals surface area (Å²) in [6, 6.07) is 4.31. The highest BCUT2D eigenvalue weighted by atomic mass is 32.2. The highest BCUT2D eigenvalue weighted by Gasteiger charge is 2.08. The lowest BCUT2D eigenvalue weighted by atomic mass is 10.3. The minimum absolute atomic E-state index is 0.0177. The van der Waals surface area contributed by atoms with E-state index in [1.165, 1.54) is 23.9 Å². The second-order valence-electron chi connectivity index (χ2n) is 2.55. The molecule has 1 aromatic rings. The predicted octanol–water partition coefficient (Wildman–Crippen LogP) is 1.26. The lowest BCUT2D eigenvalue weighted by Crippen LogP contribution is -1.94. The second kappa shape index (κ2) is 4.83. The average molecular weight is 214 g/mol. The molecule has 0 unspecified atom stereocenters. The Morgan fingerprint density at radius 1 is 1.57 bits per heavy atom.